The molecule has 1 aromatic heterocycles. The van der Waals surface area contributed by atoms with E-state index in [2.05, 4.69) is 5.10 Å². The van der Waals surface area contributed by atoms with Gasteiger partial charge >= 0.3 is 18.3 Å². The third kappa shape index (κ3) is 5.74. The molecule has 0 saturated heterocycles. The first kappa shape index (κ1) is 27.7. The zero-order valence-electron chi connectivity index (χ0n) is 20.0. The van der Waals surface area contributed by atoms with Crippen molar-refractivity contribution in [3.8, 4) is 5.69 Å². The van der Waals surface area contributed by atoms with E-state index in [-0.39, 0.29) is 5.69 Å². The molecular weight excluding hydrogens is 528 g/mol. The van der Waals surface area contributed by atoms with Crippen LogP contribution in [-0.2, 0) is 11.0 Å². The topological polar surface area (TPSA) is 84.2 Å². The highest BCUT2D eigenvalue weighted by molar-refractivity contribution is 5.97. The maximum Gasteiger partial charge on any atom is 0.434 e. The van der Waals surface area contributed by atoms with Gasteiger partial charge in [-0.2, -0.15) is 31.4 Å². The zero-order valence-corrected chi connectivity index (χ0v) is 20.0. The second-order valence-electron chi connectivity index (χ2n) is 8.94. The van der Waals surface area contributed by atoms with Gasteiger partial charge in [-0.15, -0.1) is 0 Å². The number of benzene rings is 2. The van der Waals surface area contributed by atoms with Crippen molar-refractivity contribution in [2.24, 2.45) is 5.41 Å². The van der Waals surface area contributed by atoms with Gasteiger partial charge in [0.05, 0.1) is 22.9 Å². The summed E-state index contributed by atoms with van der Waals surface area (Å²) in [5.41, 5.74) is -4.07. The lowest BCUT2D eigenvalue weighted by Crippen LogP contribution is -2.48. The Kier molecular flexibility index (Phi) is 7.40. The van der Waals surface area contributed by atoms with E-state index in [4.69, 9.17) is 0 Å². The molecule has 0 radical (unpaired) electrons. The lowest BCUT2D eigenvalue weighted by atomic mass is 9.74. The van der Waals surface area contributed by atoms with Gasteiger partial charge in [0.25, 0.3) is 5.91 Å². The normalized spacial score (nSPS) is 18.4. The molecule has 3 aromatic rings. The number of rotatable bonds is 7. The summed E-state index contributed by atoms with van der Waals surface area (Å²) in [6.07, 6.45) is -7.80. The number of amides is 1. The quantitative estimate of drug-likeness (QED) is 0.351. The predicted molar refractivity (Wildman–Crippen MR) is 129 cm³/mol. The van der Waals surface area contributed by atoms with Crippen molar-refractivity contribution < 1.29 is 41.0 Å². The number of aromatic nitrogens is 2. The molecule has 12 heteroatoms. The molecule has 204 valence electrons. The second kappa shape index (κ2) is 10.4. The number of nitrogens with one attached hydrogen (secondary N) is 1. The van der Waals surface area contributed by atoms with Crippen molar-refractivity contribution in [2.45, 2.75) is 31.2 Å². The van der Waals surface area contributed by atoms with Gasteiger partial charge in [-0.1, -0.05) is 66.8 Å². The standard InChI is InChI=1S/C27H21F6N3O3/c28-26(29,30)22-20(16-34-36(22)19-9-5-2-6-10-19)23(37)35-21(24(38)39)15-25(27(31,32)33)13-11-18(12-14-25)17-7-3-1-4-8-17/h1-13,16,21H,14-15H2,(H,35,37)(H,38,39). The summed E-state index contributed by atoms with van der Waals surface area (Å²) < 4.78 is 85.1. The highest BCUT2D eigenvalue weighted by Gasteiger charge is 2.55. The molecule has 4 rings (SSSR count). The molecule has 1 aliphatic carbocycles. The van der Waals surface area contributed by atoms with Crippen molar-refractivity contribution in [3.63, 3.8) is 0 Å². The van der Waals surface area contributed by atoms with E-state index in [9.17, 15) is 41.0 Å². The van der Waals surface area contributed by atoms with E-state index in [1.807, 2.05) is 5.32 Å². The number of alkyl halides is 6. The molecule has 1 aliphatic rings. The van der Waals surface area contributed by atoms with Gasteiger partial charge in [0.2, 0.25) is 0 Å². The molecule has 0 fully saturated rings. The third-order valence-corrected chi connectivity index (χ3v) is 6.39. The minimum Gasteiger partial charge on any atom is -0.480 e. The van der Waals surface area contributed by atoms with Gasteiger partial charge in [-0.25, -0.2) is 9.48 Å². The van der Waals surface area contributed by atoms with Crippen LogP contribution < -0.4 is 5.32 Å². The number of carboxylic acid groups (broad SMARTS) is 1. The highest BCUT2D eigenvalue weighted by Crippen LogP contribution is 2.49. The van der Waals surface area contributed by atoms with Crippen LogP contribution in [0.25, 0.3) is 11.3 Å². The van der Waals surface area contributed by atoms with Gasteiger partial charge in [0, 0.05) is 0 Å². The first-order valence-corrected chi connectivity index (χ1v) is 11.6. The van der Waals surface area contributed by atoms with Crippen LogP contribution in [0.4, 0.5) is 26.3 Å². The average Bonchev–Trinajstić information content (AvgIpc) is 3.35. The predicted octanol–water partition coefficient (Wildman–Crippen LogP) is 6.06. The minimum atomic E-state index is -5.09. The second-order valence-corrected chi connectivity index (χ2v) is 8.94. The molecule has 2 unspecified atom stereocenters. The van der Waals surface area contributed by atoms with Crippen molar-refractivity contribution in [3.05, 3.63) is 102 Å². The maximum atomic E-state index is 14.3. The first-order chi connectivity index (χ1) is 18.3. The van der Waals surface area contributed by atoms with Gasteiger partial charge in [0.1, 0.15) is 6.04 Å². The molecule has 1 amide bonds. The molecule has 2 N–H and O–H groups in total. The summed E-state index contributed by atoms with van der Waals surface area (Å²) in [5, 5.41) is 15.1. The number of carboxylic acids is 1. The van der Waals surface area contributed by atoms with Crippen molar-refractivity contribution >= 4 is 17.4 Å². The largest absolute Gasteiger partial charge is 0.480 e. The number of aliphatic carboxylic acids is 1. The number of carbonyl (C=O) groups is 2. The van der Waals surface area contributed by atoms with Crippen molar-refractivity contribution in [2.75, 3.05) is 0 Å². The number of hydrogen-bond donors (Lipinski definition) is 2. The van der Waals surface area contributed by atoms with E-state index in [1.165, 1.54) is 36.4 Å². The number of carbonyl (C=O) groups excluding carboxylic acids is 1. The van der Waals surface area contributed by atoms with Crippen LogP contribution in [0.3, 0.4) is 0 Å². The molecule has 1 heterocycles. The number of hydrogen-bond acceptors (Lipinski definition) is 3. The van der Waals surface area contributed by atoms with E-state index in [0.717, 1.165) is 6.08 Å². The molecule has 2 atom stereocenters. The molecule has 0 bridgehead atoms. The summed E-state index contributed by atoms with van der Waals surface area (Å²) in [6, 6.07) is 13.5. The van der Waals surface area contributed by atoms with Crippen LogP contribution in [-0.4, -0.2) is 39.0 Å². The molecule has 0 saturated carbocycles. The fourth-order valence-corrected chi connectivity index (χ4v) is 4.35. The molecule has 2 aromatic carbocycles. The summed E-state index contributed by atoms with van der Waals surface area (Å²) in [5.74, 6) is -3.35. The first-order valence-electron chi connectivity index (χ1n) is 11.6. The molecule has 39 heavy (non-hydrogen) atoms. The highest BCUT2D eigenvalue weighted by atomic mass is 19.4. The summed E-state index contributed by atoms with van der Waals surface area (Å²) in [4.78, 5) is 24.8. The smallest absolute Gasteiger partial charge is 0.434 e. The summed E-state index contributed by atoms with van der Waals surface area (Å²) in [7, 11) is 0. The lowest BCUT2D eigenvalue weighted by Gasteiger charge is -2.36. The Labute approximate surface area is 218 Å². The third-order valence-electron chi connectivity index (χ3n) is 6.39. The average molecular weight is 549 g/mol. The number of para-hydroxylation sites is 1. The Bertz CT molecular complexity index is 1410. The molecular formula is C27H21F6N3O3. The van der Waals surface area contributed by atoms with Gasteiger partial charge in [-0.3, -0.25) is 4.79 Å². The van der Waals surface area contributed by atoms with Gasteiger partial charge < -0.3 is 10.4 Å². The Balaban J connectivity index is 1.63. The lowest BCUT2D eigenvalue weighted by molar-refractivity contribution is -0.209. The van der Waals surface area contributed by atoms with E-state index < -0.39 is 59.8 Å². The number of halogens is 6. The Hall–Kier alpha value is -4.35. The van der Waals surface area contributed by atoms with Gasteiger partial charge in [0.15, 0.2) is 5.69 Å². The van der Waals surface area contributed by atoms with Crippen LogP contribution in [0.2, 0.25) is 0 Å². The summed E-state index contributed by atoms with van der Waals surface area (Å²) >= 11 is 0. The van der Waals surface area contributed by atoms with Gasteiger partial charge in [-0.05, 0) is 36.1 Å². The molecule has 0 spiro atoms. The Morgan fingerprint density at radius 1 is 1.00 bits per heavy atom. The monoisotopic (exact) mass is 549 g/mol. The van der Waals surface area contributed by atoms with Crippen molar-refractivity contribution in [1.29, 1.82) is 0 Å². The number of nitrogens with zero attached hydrogens (tertiary/aromatic N) is 2. The van der Waals surface area contributed by atoms with E-state index >= 15 is 0 Å². The minimum absolute atomic E-state index is 0.0250. The molecule has 6 nitrogen and oxygen atoms in total. The van der Waals surface area contributed by atoms with Crippen molar-refractivity contribution in [1.82, 2.24) is 15.1 Å². The van der Waals surface area contributed by atoms with Crippen LogP contribution in [0.5, 0.6) is 0 Å². The van der Waals surface area contributed by atoms with Crippen LogP contribution >= 0.6 is 0 Å². The zero-order chi connectivity index (χ0) is 28.4. The fourth-order valence-electron chi connectivity index (χ4n) is 4.35. The Morgan fingerprint density at radius 2 is 1.62 bits per heavy atom. The number of allylic oxidation sites excluding steroid dienone is 4. The molecule has 0 aliphatic heterocycles. The SMILES string of the molecule is O=C(NC(CC1(C(F)(F)F)C=CC(c2ccccc2)=CC1)C(=O)O)c1cnn(-c2ccccc2)c1C(F)(F)F. The van der Waals surface area contributed by atoms with Crippen LogP contribution in [0.1, 0.15) is 34.5 Å². The van der Waals surface area contributed by atoms with Crippen LogP contribution in [0.15, 0.2) is 85.1 Å². The Morgan fingerprint density at radius 3 is 2.13 bits per heavy atom. The fraction of sp³-hybridized carbons (Fsp3) is 0.222. The van der Waals surface area contributed by atoms with E-state index in [1.54, 1.807) is 36.4 Å². The van der Waals surface area contributed by atoms with E-state index in [0.29, 0.717) is 22.0 Å². The maximum absolute atomic E-state index is 14.3. The van der Waals surface area contributed by atoms with Crippen LogP contribution in [0, 0.1) is 5.41 Å². The summed E-state index contributed by atoms with van der Waals surface area (Å²) in [6.45, 7) is 0.